The van der Waals surface area contributed by atoms with Crippen molar-refractivity contribution >= 4 is 41.5 Å². The SMILES string of the molecule is Cc1cc(C)c2cc1C(=O)NCCC(NC(=O)[C@H](NC(=O)OC(C)(C)C)C(C)C)C(=O)NCCSc1cc-2nc(N)n1. The Labute approximate surface area is 250 Å². The van der Waals surface area contributed by atoms with Crippen molar-refractivity contribution in [1.29, 1.82) is 0 Å². The van der Waals surface area contributed by atoms with Crippen LogP contribution in [-0.4, -0.2) is 70.3 Å². The molecule has 0 saturated carbocycles. The van der Waals surface area contributed by atoms with Crippen LogP contribution in [0, 0.1) is 19.8 Å². The van der Waals surface area contributed by atoms with Gasteiger partial charge in [-0.1, -0.05) is 19.9 Å². The van der Waals surface area contributed by atoms with Crippen molar-refractivity contribution in [2.75, 3.05) is 24.6 Å². The normalized spacial score (nSPS) is 17.1. The first kappa shape index (κ1) is 32.6. The van der Waals surface area contributed by atoms with Gasteiger partial charge in [0.25, 0.3) is 5.91 Å². The minimum atomic E-state index is -0.964. The summed E-state index contributed by atoms with van der Waals surface area (Å²) in [4.78, 5) is 60.7. The van der Waals surface area contributed by atoms with Gasteiger partial charge in [0.15, 0.2) is 0 Å². The van der Waals surface area contributed by atoms with Gasteiger partial charge in [-0.05, 0) is 70.2 Å². The number of carbonyl (C=O) groups is 4. The monoisotopic (exact) mass is 599 g/mol. The molecule has 4 amide bonds. The van der Waals surface area contributed by atoms with E-state index in [1.165, 1.54) is 11.8 Å². The lowest BCUT2D eigenvalue weighted by molar-refractivity contribution is -0.130. The zero-order chi connectivity index (χ0) is 31.2. The Morgan fingerprint density at radius 2 is 1.74 bits per heavy atom. The van der Waals surface area contributed by atoms with Crippen LogP contribution >= 0.6 is 11.8 Å². The number of benzene rings is 1. The lowest BCUT2D eigenvalue weighted by Crippen LogP contribution is -2.56. The van der Waals surface area contributed by atoms with E-state index >= 15 is 0 Å². The molecule has 42 heavy (non-hydrogen) atoms. The summed E-state index contributed by atoms with van der Waals surface area (Å²) in [6.07, 6.45) is -0.603. The van der Waals surface area contributed by atoms with Crippen LogP contribution in [0.2, 0.25) is 0 Å². The van der Waals surface area contributed by atoms with Gasteiger partial charge in [-0.3, -0.25) is 14.4 Å². The molecule has 0 saturated heterocycles. The minimum absolute atomic E-state index is 0.105. The molecule has 2 atom stereocenters. The van der Waals surface area contributed by atoms with Crippen LogP contribution in [0.1, 0.15) is 62.5 Å². The maximum absolute atomic E-state index is 13.3. The average Bonchev–Trinajstić information content (AvgIpc) is 2.86. The molecule has 6 N–H and O–H groups in total. The Bertz CT molecular complexity index is 1340. The number of aryl methyl sites for hydroxylation is 2. The second-order valence-electron chi connectivity index (χ2n) is 11.5. The number of aromatic nitrogens is 2. The molecular formula is C29H41N7O5S. The van der Waals surface area contributed by atoms with Gasteiger partial charge in [0.2, 0.25) is 17.8 Å². The van der Waals surface area contributed by atoms with E-state index in [4.69, 9.17) is 10.5 Å². The van der Waals surface area contributed by atoms with E-state index in [0.29, 0.717) is 28.6 Å². The number of rotatable bonds is 4. The second kappa shape index (κ2) is 13.9. The number of nitrogens with two attached hydrogens (primary N) is 1. The lowest BCUT2D eigenvalue weighted by atomic mass is 9.97. The van der Waals surface area contributed by atoms with E-state index in [-0.39, 0.29) is 30.7 Å². The van der Waals surface area contributed by atoms with Gasteiger partial charge in [-0.2, -0.15) is 0 Å². The van der Waals surface area contributed by atoms with E-state index in [2.05, 4.69) is 31.2 Å². The quantitative estimate of drug-likeness (QED) is 0.331. The fourth-order valence-electron chi connectivity index (χ4n) is 4.41. The van der Waals surface area contributed by atoms with Crippen molar-refractivity contribution < 1.29 is 23.9 Å². The highest BCUT2D eigenvalue weighted by Gasteiger charge is 2.30. The lowest BCUT2D eigenvalue weighted by Gasteiger charge is -2.27. The molecule has 2 heterocycles. The highest BCUT2D eigenvalue weighted by atomic mass is 32.2. The van der Waals surface area contributed by atoms with Crippen molar-refractivity contribution in [2.45, 2.75) is 77.6 Å². The van der Waals surface area contributed by atoms with Gasteiger partial charge in [0, 0.05) is 30.0 Å². The number of hydrogen-bond acceptors (Lipinski definition) is 9. The zero-order valence-electron chi connectivity index (χ0n) is 25.2. The van der Waals surface area contributed by atoms with Crippen LogP contribution in [-0.2, 0) is 14.3 Å². The van der Waals surface area contributed by atoms with Crippen molar-refractivity contribution in [3.8, 4) is 11.3 Å². The van der Waals surface area contributed by atoms with E-state index < -0.39 is 35.6 Å². The third-order valence-corrected chi connectivity index (χ3v) is 7.35. The first-order valence-corrected chi connectivity index (χ1v) is 14.9. The van der Waals surface area contributed by atoms with Gasteiger partial charge in [-0.25, -0.2) is 14.8 Å². The molecular weight excluding hydrogens is 558 g/mol. The molecule has 228 valence electrons. The Morgan fingerprint density at radius 3 is 2.40 bits per heavy atom. The maximum Gasteiger partial charge on any atom is 0.408 e. The van der Waals surface area contributed by atoms with Crippen molar-refractivity contribution in [1.82, 2.24) is 31.2 Å². The number of amides is 4. The number of hydrogen-bond donors (Lipinski definition) is 5. The summed E-state index contributed by atoms with van der Waals surface area (Å²) < 4.78 is 5.31. The summed E-state index contributed by atoms with van der Waals surface area (Å²) in [5.74, 6) is -0.961. The van der Waals surface area contributed by atoms with Crippen molar-refractivity contribution in [3.05, 3.63) is 34.9 Å². The van der Waals surface area contributed by atoms with Gasteiger partial charge in [0.05, 0.1) is 5.69 Å². The molecule has 12 nitrogen and oxygen atoms in total. The summed E-state index contributed by atoms with van der Waals surface area (Å²) in [7, 11) is 0. The number of nitrogen functional groups attached to an aromatic ring is 1. The molecule has 1 aliphatic heterocycles. The fraction of sp³-hybridized carbons (Fsp3) is 0.517. The Morgan fingerprint density at radius 1 is 1.05 bits per heavy atom. The van der Waals surface area contributed by atoms with Crippen LogP contribution in [0.15, 0.2) is 23.2 Å². The first-order valence-electron chi connectivity index (χ1n) is 13.9. The van der Waals surface area contributed by atoms with E-state index in [1.807, 2.05) is 19.9 Å². The van der Waals surface area contributed by atoms with Crippen LogP contribution in [0.25, 0.3) is 11.3 Å². The van der Waals surface area contributed by atoms with Crippen LogP contribution in [0.3, 0.4) is 0 Å². The number of anilines is 1. The summed E-state index contributed by atoms with van der Waals surface area (Å²) in [6, 6.07) is 3.60. The van der Waals surface area contributed by atoms with Crippen LogP contribution in [0.5, 0.6) is 0 Å². The number of fused-ring (bicyclic) bond motifs is 5. The Hall–Kier alpha value is -3.87. The third-order valence-electron chi connectivity index (χ3n) is 6.44. The number of nitrogens with zero attached hydrogens (tertiary/aromatic N) is 2. The van der Waals surface area contributed by atoms with Crippen LogP contribution in [0.4, 0.5) is 10.7 Å². The molecule has 1 unspecified atom stereocenters. The molecule has 0 aliphatic carbocycles. The molecule has 2 aromatic rings. The number of alkyl carbamates (subject to hydrolysis) is 1. The topological polar surface area (TPSA) is 177 Å². The van der Waals surface area contributed by atoms with Gasteiger partial charge in [0.1, 0.15) is 22.7 Å². The second-order valence-corrected chi connectivity index (χ2v) is 12.7. The smallest absolute Gasteiger partial charge is 0.408 e. The molecule has 1 aliphatic rings. The van der Waals surface area contributed by atoms with Gasteiger partial charge in [-0.15, -0.1) is 11.8 Å². The minimum Gasteiger partial charge on any atom is -0.444 e. The van der Waals surface area contributed by atoms with Crippen molar-refractivity contribution in [3.63, 3.8) is 0 Å². The first-order chi connectivity index (χ1) is 19.6. The molecule has 3 rings (SSSR count). The van der Waals surface area contributed by atoms with E-state index in [1.54, 1.807) is 46.8 Å². The molecule has 4 bridgehead atoms. The Kier molecular flexibility index (Phi) is 10.8. The molecule has 0 radical (unpaired) electrons. The summed E-state index contributed by atoms with van der Waals surface area (Å²) in [5.41, 5.74) is 8.81. The fourth-order valence-corrected chi connectivity index (χ4v) is 5.17. The van der Waals surface area contributed by atoms with E-state index in [0.717, 1.165) is 16.7 Å². The number of ether oxygens (including phenoxy) is 1. The molecule has 0 fully saturated rings. The molecule has 1 aromatic carbocycles. The van der Waals surface area contributed by atoms with Crippen molar-refractivity contribution in [2.24, 2.45) is 5.92 Å². The largest absolute Gasteiger partial charge is 0.444 e. The highest BCUT2D eigenvalue weighted by molar-refractivity contribution is 7.99. The average molecular weight is 600 g/mol. The number of thioether (sulfide) groups is 1. The zero-order valence-corrected chi connectivity index (χ0v) is 26.0. The third kappa shape index (κ3) is 9.07. The molecule has 0 spiro atoms. The molecule has 13 heteroatoms. The highest BCUT2D eigenvalue weighted by Crippen LogP contribution is 2.29. The standard InChI is InChI=1S/C29H41N7O5S/c1-15(2)23(36-28(40)41-29(5,6)7)26(39)33-20-8-9-31-24(37)19-13-18(16(3)12-17(19)4)21-14-22(35-27(30)34-21)42-11-10-32-25(20)38/h12-15,20,23H,8-11H2,1-7H3,(H,31,37)(H,32,38)(H,33,39)(H,36,40)(H2,30,34,35)/t20?,23-/m1/s1. The predicted molar refractivity (Wildman–Crippen MR) is 162 cm³/mol. The van der Waals surface area contributed by atoms with Crippen LogP contribution < -0.4 is 27.0 Å². The number of carbonyl (C=O) groups excluding carboxylic acids is 4. The molecule has 1 aromatic heterocycles. The Balaban J connectivity index is 1.84. The number of nitrogens with one attached hydrogen (secondary N) is 4. The van der Waals surface area contributed by atoms with E-state index in [9.17, 15) is 19.2 Å². The summed E-state index contributed by atoms with van der Waals surface area (Å²) >= 11 is 1.40. The summed E-state index contributed by atoms with van der Waals surface area (Å²) in [5, 5.41) is 11.7. The predicted octanol–water partition coefficient (Wildman–Crippen LogP) is 2.72. The van der Waals surface area contributed by atoms with Gasteiger partial charge >= 0.3 is 6.09 Å². The van der Waals surface area contributed by atoms with Gasteiger partial charge < -0.3 is 31.7 Å². The maximum atomic E-state index is 13.3. The summed E-state index contributed by atoms with van der Waals surface area (Å²) in [6.45, 7) is 12.9.